The molecule has 0 bridgehead atoms. The van der Waals surface area contributed by atoms with Crippen LogP contribution in [0.5, 0.6) is 5.75 Å². The van der Waals surface area contributed by atoms with Gasteiger partial charge in [-0.2, -0.15) is 8.42 Å². The molecule has 1 atom stereocenters. The molecular weight excluding hydrogens is 445 g/mol. The molecule has 1 fully saturated rings. The molecule has 2 aromatic carbocycles. The minimum absolute atomic E-state index is 0.0614. The second-order valence-electron chi connectivity index (χ2n) is 8.57. The Hall–Kier alpha value is -3.26. The number of aliphatic imine (C=N–C) groups is 1. The van der Waals surface area contributed by atoms with E-state index in [0.717, 1.165) is 42.2 Å². The van der Waals surface area contributed by atoms with Crippen LogP contribution in [0.2, 0.25) is 0 Å². The summed E-state index contributed by atoms with van der Waals surface area (Å²) in [6.07, 6.45) is 4.65. The first-order valence-electron chi connectivity index (χ1n) is 10.8. The molecule has 1 aliphatic heterocycles. The van der Waals surface area contributed by atoms with E-state index >= 15 is 0 Å². The van der Waals surface area contributed by atoms with Crippen molar-refractivity contribution >= 4 is 21.5 Å². The molecule has 0 radical (unpaired) electrons. The summed E-state index contributed by atoms with van der Waals surface area (Å²) in [5.74, 6) is -0.643. The summed E-state index contributed by atoms with van der Waals surface area (Å²) in [6.45, 7) is 1.84. The van der Waals surface area contributed by atoms with Gasteiger partial charge in [0.1, 0.15) is 10.7 Å². The maximum Gasteiger partial charge on any atom is 0.339 e. The molecule has 0 amide bonds. The van der Waals surface area contributed by atoms with Crippen LogP contribution in [0.3, 0.4) is 0 Å². The zero-order chi connectivity index (χ0) is 23.2. The number of aryl methyl sites for hydroxylation is 1. The van der Waals surface area contributed by atoms with Gasteiger partial charge in [-0.25, -0.2) is 4.39 Å². The lowest BCUT2D eigenvalue weighted by Gasteiger charge is -2.35. The number of hydrogen-bond donors (Lipinski definition) is 0. The van der Waals surface area contributed by atoms with E-state index < -0.39 is 21.0 Å². The summed E-state index contributed by atoms with van der Waals surface area (Å²) in [5, 5.41) is 0. The van der Waals surface area contributed by atoms with Crippen molar-refractivity contribution in [3.05, 3.63) is 87.7 Å². The zero-order valence-electron chi connectivity index (χ0n) is 18.0. The van der Waals surface area contributed by atoms with E-state index in [1.165, 1.54) is 30.5 Å². The van der Waals surface area contributed by atoms with E-state index in [9.17, 15) is 17.6 Å². The summed E-state index contributed by atoms with van der Waals surface area (Å²) in [4.78, 5) is 17.4. The van der Waals surface area contributed by atoms with E-state index in [-0.39, 0.29) is 28.6 Å². The summed E-state index contributed by atoms with van der Waals surface area (Å²) < 4.78 is 51.0. The molecule has 0 spiro atoms. The van der Waals surface area contributed by atoms with Gasteiger partial charge >= 0.3 is 10.1 Å². The van der Waals surface area contributed by atoms with E-state index in [4.69, 9.17) is 13.6 Å². The average Bonchev–Trinajstić information content (AvgIpc) is 3.10. The maximum atomic E-state index is 14.2. The van der Waals surface area contributed by atoms with Gasteiger partial charge in [-0.1, -0.05) is 24.1 Å². The minimum atomic E-state index is -4.26. The third-order valence-electron chi connectivity index (χ3n) is 6.42. The number of hydrogen-bond acceptors (Lipinski definition) is 6. The molecule has 33 heavy (non-hydrogen) atoms. The van der Waals surface area contributed by atoms with Crippen LogP contribution in [0.15, 0.2) is 73.9 Å². The Morgan fingerprint density at radius 1 is 1.12 bits per heavy atom. The molecule has 0 saturated heterocycles. The predicted octanol–water partition coefficient (Wildman–Crippen LogP) is 5.00. The number of benzene rings is 2. The van der Waals surface area contributed by atoms with Crippen LogP contribution < -0.4 is 9.61 Å². The molecular formula is C25H22FNO5S. The first-order chi connectivity index (χ1) is 15.8. The SMILES string of the molecule is Cc1ccc(S(=O)(=O)Oc2c(C[C@@]34CCCCC3=Nc3ccc(F)cc34)occc2=O)cc1. The molecule has 2 heterocycles. The average molecular weight is 468 g/mol. The lowest BCUT2D eigenvalue weighted by molar-refractivity contribution is 0.379. The molecule has 5 rings (SSSR count). The Kier molecular flexibility index (Phi) is 5.20. The van der Waals surface area contributed by atoms with Gasteiger partial charge in [-0.15, -0.1) is 0 Å². The van der Waals surface area contributed by atoms with Crippen molar-refractivity contribution in [3.8, 4) is 5.75 Å². The predicted molar refractivity (Wildman–Crippen MR) is 121 cm³/mol. The van der Waals surface area contributed by atoms with Crippen LogP contribution in [0.25, 0.3) is 0 Å². The van der Waals surface area contributed by atoms with E-state index in [1.54, 1.807) is 18.2 Å². The van der Waals surface area contributed by atoms with Gasteiger partial charge in [0.15, 0.2) is 5.76 Å². The highest BCUT2D eigenvalue weighted by atomic mass is 32.2. The van der Waals surface area contributed by atoms with Crippen molar-refractivity contribution in [1.29, 1.82) is 0 Å². The van der Waals surface area contributed by atoms with Crippen molar-refractivity contribution in [2.24, 2.45) is 4.99 Å². The van der Waals surface area contributed by atoms with Gasteiger partial charge in [0.25, 0.3) is 0 Å². The van der Waals surface area contributed by atoms with Gasteiger partial charge in [0.2, 0.25) is 11.2 Å². The molecule has 0 N–H and O–H groups in total. The molecule has 3 aromatic rings. The molecule has 2 aliphatic rings. The van der Waals surface area contributed by atoms with E-state index in [0.29, 0.717) is 12.1 Å². The van der Waals surface area contributed by atoms with Crippen molar-refractivity contribution in [2.45, 2.75) is 49.3 Å². The Labute approximate surface area is 190 Å². The standard InChI is InChI=1S/C25H22FNO5S/c1-16-5-8-18(9-6-16)33(29,30)32-24-21(28)11-13-31-22(24)15-25-12-3-2-4-23(25)27-20-10-7-17(26)14-19(20)25/h5-11,13-14H,2-4,12,15H2,1H3/t25-/m1/s1. The summed E-state index contributed by atoms with van der Waals surface area (Å²) in [6, 6.07) is 11.8. The lowest BCUT2D eigenvalue weighted by atomic mass is 9.66. The van der Waals surface area contributed by atoms with Gasteiger partial charge < -0.3 is 8.60 Å². The van der Waals surface area contributed by atoms with Crippen LogP contribution in [0, 0.1) is 12.7 Å². The third kappa shape index (κ3) is 3.78. The molecule has 1 aromatic heterocycles. The smallest absolute Gasteiger partial charge is 0.339 e. The normalized spacial score (nSPS) is 19.5. The quantitative estimate of drug-likeness (QED) is 0.493. The Morgan fingerprint density at radius 2 is 1.91 bits per heavy atom. The van der Waals surface area contributed by atoms with Crippen molar-refractivity contribution in [2.75, 3.05) is 0 Å². The van der Waals surface area contributed by atoms with Crippen LogP contribution in [0.4, 0.5) is 10.1 Å². The fraction of sp³-hybridized carbons (Fsp3) is 0.280. The molecule has 8 heteroatoms. The number of fused-ring (bicyclic) bond motifs is 3. The lowest BCUT2D eigenvalue weighted by Crippen LogP contribution is -2.38. The molecule has 1 aliphatic carbocycles. The maximum absolute atomic E-state index is 14.2. The number of rotatable bonds is 5. The Balaban J connectivity index is 1.57. The second-order valence-corrected chi connectivity index (χ2v) is 10.1. The Bertz CT molecular complexity index is 1430. The monoisotopic (exact) mass is 467 g/mol. The first kappa shape index (κ1) is 21.6. The first-order valence-corrected chi connectivity index (χ1v) is 12.2. The largest absolute Gasteiger partial charge is 0.465 e. The summed E-state index contributed by atoms with van der Waals surface area (Å²) >= 11 is 0. The molecule has 1 saturated carbocycles. The number of halogens is 1. The topological polar surface area (TPSA) is 85.9 Å². The van der Waals surface area contributed by atoms with Gasteiger partial charge in [-0.3, -0.25) is 9.79 Å². The van der Waals surface area contributed by atoms with Crippen LogP contribution in [-0.4, -0.2) is 14.1 Å². The molecule has 6 nitrogen and oxygen atoms in total. The van der Waals surface area contributed by atoms with Crippen LogP contribution in [-0.2, 0) is 22.0 Å². The van der Waals surface area contributed by atoms with E-state index in [2.05, 4.69) is 0 Å². The highest BCUT2D eigenvalue weighted by Gasteiger charge is 2.46. The molecule has 0 unspecified atom stereocenters. The minimum Gasteiger partial charge on any atom is -0.465 e. The Morgan fingerprint density at radius 3 is 2.70 bits per heavy atom. The summed E-state index contributed by atoms with van der Waals surface area (Å²) in [5.41, 5.74) is 1.95. The van der Waals surface area contributed by atoms with Crippen molar-refractivity contribution in [3.63, 3.8) is 0 Å². The fourth-order valence-electron chi connectivity index (χ4n) is 4.77. The highest BCUT2D eigenvalue weighted by molar-refractivity contribution is 7.87. The van der Waals surface area contributed by atoms with Gasteiger partial charge in [-0.05, 0) is 62.1 Å². The van der Waals surface area contributed by atoms with Gasteiger partial charge in [0.05, 0.1) is 12.0 Å². The van der Waals surface area contributed by atoms with Crippen LogP contribution >= 0.6 is 0 Å². The fourth-order valence-corrected chi connectivity index (χ4v) is 5.73. The third-order valence-corrected chi connectivity index (χ3v) is 7.66. The van der Waals surface area contributed by atoms with Crippen molar-refractivity contribution < 1.29 is 21.4 Å². The van der Waals surface area contributed by atoms with E-state index in [1.807, 2.05) is 6.92 Å². The van der Waals surface area contributed by atoms with Gasteiger partial charge in [0, 0.05) is 23.6 Å². The molecule has 170 valence electrons. The highest BCUT2D eigenvalue weighted by Crippen LogP contribution is 2.50. The zero-order valence-corrected chi connectivity index (χ0v) is 18.8. The summed E-state index contributed by atoms with van der Waals surface area (Å²) in [7, 11) is -4.26. The second kappa shape index (κ2) is 7.95. The number of nitrogens with zero attached hydrogens (tertiary/aromatic N) is 1. The van der Waals surface area contributed by atoms with Crippen LogP contribution in [0.1, 0.15) is 42.6 Å². The van der Waals surface area contributed by atoms with Crippen molar-refractivity contribution in [1.82, 2.24) is 0 Å².